The van der Waals surface area contributed by atoms with Crippen LogP contribution in [0.1, 0.15) is 16.1 Å². The van der Waals surface area contributed by atoms with E-state index in [9.17, 15) is 9.59 Å². The molecular formula is C20H14N6O3. The van der Waals surface area contributed by atoms with Crippen molar-refractivity contribution in [2.24, 2.45) is 5.73 Å². The van der Waals surface area contributed by atoms with Crippen molar-refractivity contribution in [3.63, 3.8) is 0 Å². The topological polar surface area (TPSA) is 140 Å². The van der Waals surface area contributed by atoms with Crippen LogP contribution >= 0.6 is 0 Å². The number of carbonyl (C=O) groups is 1. The number of nitriles is 1. The molecule has 1 amide bonds. The van der Waals surface area contributed by atoms with E-state index in [2.05, 4.69) is 15.0 Å². The molecule has 0 spiro atoms. The molecule has 0 saturated heterocycles. The van der Waals surface area contributed by atoms with Crippen molar-refractivity contribution in [1.82, 2.24) is 19.5 Å². The summed E-state index contributed by atoms with van der Waals surface area (Å²) in [5.41, 5.74) is 6.49. The summed E-state index contributed by atoms with van der Waals surface area (Å²) in [7, 11) is 1.49. The molecule has 9 heteroatoms. The summed E-state index contributed by atoms with van der Waals surface area (Å²) in [5, 5.41) is 9.15. The Kier molecular flexibility index (Phi) is 4.29. The van der Waals surface area contributed by atoms with Gasteiger partial charge in [0.1, 0.15) is 11.3 Å². The molecule has 0 aliphatic rings. The number of nitrogens with zero attached hydrogens (tertiary/aromatic N) is 4. The Balaban J connectivity index is 2.08. The van der Waals surface area contributed by atoms with E-state index < -0.39 is 11.6 Å². The second-order valence-corrected chi connectivity index (χ2v) is 6.09. The maximum absolute atomic E-state index is 12.7. The number of methoxy groups -OCH3 is 1. The van der Waals surface area contributed by atoms with Crippen molar-refractivity contribution < 1.29 is 9.53 Å². The molecule has 9 nitrogen and oxygen atoms in total. The van der Waals surface area contributed by atoms with E-state index in [1.54, 1.807) is 48.5 Å². The summed E-state index contributed by atoms with van der Waals surface area (Å²) >= 11 is 0. The number of ether oxygens (including phenoxy) is 1. The highest BCUT2D eigenvalue weighted by Gasteiger charge is 2.21. The highest BCUT2D eigenvalue weighted by molar-refractivity contribution is 6.02. The van der Waals surface area contributed by atoms with Crippen LogP contribution in [0, 0.1) is 11.3 Å². The van der Waals surface area contributed by atoms with Crippen LogP contribution in [0.5, 0.6) is 5.75 Å². The number of para-hydroxylation sites is 2. The van der Waals surface area contributed by atoms with Gasteiger partial charge in [0.05, 0.1) is 24.4 Å². The molecule has 0 radical (unpaired) electrons. The molecule has 2 aromatic heterocycles. The number of primary amides is 1. The van der Waals surface area contributed by atoms with Crippen LogP contribution in [0.25, 0.3) is 28.2 Å². The van der Waals surface area contributed by atoms with Crippen molar-refractivity contribution in [3.8, 4) is 28.9 Å². The van der Waals surface area contributed by atoms with Gasteiger partial charge in [0.2, 0.25) is 0 Å². The fourth-order valence-corrected chi connectivity index (χ4v) is 3.06. The molecule has 0 bridgehead atoms. The van der Waals surface area contributed by atoms with Gasteiger partial charge >= 0.3 is 5.69 Å². The third-order valence-corrected chi connectivity index (χ3v) is 4.35. The zero-order valence-electron chi connectivity index (χ0n) is 15.2. The second kappa shape index (κ2) is 6.94. The van der Waals surface area contributed by atoms with Crippen molar-refractivity contribution in [2.45, 2.75) is 0 Å². The minimum absolute atomic E-state index is 0.119. The van der Waals surface area contributed by atoms with Crippen LogP contribution in [-0.4, -0.2) is 32.5 Å². The van der Waals surface area contributed by atoms with Crippen molar-refractivity contribution in [1.29, 1.82) is 5.26 Å². The number of amides is 1. The molecule has 0 unspecified atom stereocenters. The second-order valence-electron chi connectivity index (χ2n) is 6.09. The molecule has 142 valence electrons. The third-order valence-electron chi connectivity index (χ3n) is 4.35. The van der Waals surface area contributed by atoms with Crippen molar-refractivity contribution in [2.75, 3.05) is 7.11 Å². The zero-order chi connectivity index (χ0) is 20.5. The molecule has 0 fully saturated rings. The average molecular weight is 386 g/mol. The predicted octanol–water partition coefficient (Wildman–Crippen LogP) is 1.75. The molecule has 2 heterocycles. The third kappa shape index (κ3) is 2.98. The lowest BCUT2D eigenvalue weighted by atomic mass is 10.1. The number of H-pyrrole nitrogens is 1. The van der Waals surface area contributed by atoms with Gasteiger partial charge in [0, 0.05) is 5.56 Å². The van der Waals surface area contributed by atoms with Gasteiger partial charge < -0.3 is 15.5 Å². The van der Waals surface area contributed by atoms with E-state index in [0.29, 0.717) is 22.6 Å². The molecule has 4 aromatic rings. The maximum Gasteiger partial charge on any atom is 0.332 e. The van der Waals surface area contributed by atoms with Crippen LogP contribution in [0.4, 0.5) is 0 Å². The Bertz CT molecular complexity index is 1360. The highest BCUT2D eigenvalue weighted by atomic mass is 16.5. The van der Waals surface area contributed by atoms with E-state index in [1.807, 2.05) is 6.07 Å². The number of nitrogens with one attached hydrogen (secondary N) is 1. The van der Waals surface area contributed by atoms with E-state index in [1.165, 1.54) is 11.7 Å². The summed E-state index contributed by atoms with van der Waals surface area (Å²) < 4.78 is 6.64. The fourth-order valence-electron chi connectivity index (χ4n) is 3.06. The largest absolute Gasteiger partial charge is 0.495 e. The average Bonchev–Trinajstić information content (AvgIpc) is 3.08. The number of hydrogen-bond acceptors (Lipinski definition) is 6. The smallest absolute Gasteiger partial charge is 0.332 e. The summed E-state index contributed by atoms with van der Waals surface area (Å²) in [6.45, 7) is 0. The lowest BCUT2D eigenvalue weighted by Gasteiger charge is -2.10. The summed E-state index contributed by atoms with van der Waals surface area (Å²) in [6, 6.07) is 15.6. The van der Waals surface area contributed by atoms with Crippen LogP contribution in [-0.2, 0) is 0 Å². The van der Waals surface area contributed by atoms with E-state index in [4.69, 9.17) is 15.7 Å². The lowest BCUT2D eigenvalue weighted by Crippen LogP contribution is -2.16. The zero-order valence-corrected chi connectivity index (χ0v) is 15.2. The summed E-state index contributed by atoms with van der Waals surface area (Å²) in [4.78, 5) is 36.1. The Morgan fingerprint density at radius 1 is 1.21 bits per heavy atom. The number of benzene rings is 2. The molecule has 3 N–H and O–H groups in total. The van der Waals surface area contributed by atoms with Crippen LogP contribution < -0.4 is 16.2 Å². The van der Waals surface area contributed by atoms with Gasteiger partial charge in [-0.2, -0.15) is 5.26 Å². The van der Waals surface area contributed by atoms with Crippen LogP contribution in [0.15, 0.2) is 53.3 Å². The number of aromatic nitrogens is 4. The lowest BCUT2D eigenvalue weighted by molar-refractivity contribution is 0.0997. The first-order chi connectivity index (χ1) is 14.0. The first kappa shape index (κ1) is 17.9. The van der Waals surface area contributed by atoms with Gasteiger partial charge in [-0.1, -0.05) is 24.3 Å². The van der Waals surface area contributed by atoms with Gasteiger partial charge in [-0.3, -0.25) is 4.79 Å². The first-order valence-corrected chi connectivity index (χ1v) is 8.50. The number of nitrogens with two attached hydrogens (primary N) is 1. The number of imidazole rings is 1. The standard InChI is InChI=1S/C20H14N6O3/c1-29-14-8-3-2-7-13(14)26-19-16(24-20(26)28)15(17(22)27)23-18(25-19)12-6-4-5-11(9-12)10-21/h2-9H,1H3,(H2,22,27)(H,24,28). The Morgan fingerprint density at radius 2 is 2.00 bits per heavy atom. The van der Waals surface area contributed by atoms with Gasteiger partial charge in [0.15, 0.2) is 17.2 Å². The van der Waals surface area contributed by atoms with Gasteiger partial charge in [-0.05, 0) is 24.3 Å². The van der Waals surface area contributed by atoms with E-state index in [0.717, 1.165) is 0 Å². The minimum Gasteiger partial charge on any atom is -0.495 e. The molecular weight excluding hydrogens is 372 g/mol. The van der Waals surface area contributed by atoms with Crippen molar-refractivity contribution in [3.05, 3.63) is 70.3 Å². The fraction of sp³-hybridized carbons (Fsp3) is 0.0500. The molecule has 0 saturated carbocycles. The normalized spacial score (nSPS) is 10.6. The van der Waals surface area contributed by atoms with Crippen LogP contribution in [0.3, 0.4) is 0 Å². The van der Waals surface area contributed by atoms with Crippen LogP contribution in [0.2, 0.25) is 0 Å². The number of carbonyl (C=O) groups excluding carboxylic acids is 1. The number of hydrogen-bond donors (Lipinski definition) is 2. The van der Waals surface area contributed by atoms with Crippen molar-refractivity contribution >= 4 is 17.1 Å². The molecule has 0 aliphatic carbocycles. The highest BCUT2D eigenvalue weighted by Crippen LogP contribution is 2.26. The SMILES string of the molecule is COc1ccccc1-n1c(=O)[nH]c2c(C(N)=O)nc(-c3cccc(C#N)c3)nc21. The quantitative estimate of drug-likeness (QED) is 0.548. The summed E-state index contributed by atoms with van der Waals surface area (Å²) in [5.74, 6) is -0.211. The maximum atomic E-state index is 12.7. The van der Waals surface area contributed by atoms with Gasteiger partial charge in [0.25, 0.3) is 5.91 Å². The van der Waals surface area contributed by atoms with Gasteiger partial charge in [-0.25, -0.2) is 19.3 Å². The molecule has 29 heavy (non-hydrogen) atoms. The predicted molar refractivity (Wildman–Crippen MR) is 105 cm³/mol. The number of fused-ring (bicyclic) bond motifs is 1. The number of aromatic amines is 1. The van der Waals surface area contributed by atoms with Gasteiger partial charge in [-0.15, -0.1) is 0 Å². The molecule has 0 atom stereocenters. The Hall–Kier alpha value is -4.45. The molecule has 0 aliphatic heterocycles. The molecule has 4 rings (SSSR count). The number of rotatable bonds is 4. The monoisotopic (exact) mass is 386 g/mol. The van der Waals surface area contributed by atoms with E-state index >= 15 is 0 Å². The minimum atomic E-state index is -0.816. The first-order valence-electron chi connectivity index (χ1n) is 8.50. The van der Waals surface area contributed by atoms with E-state index in [-0.39, 0.29) is 22.7 Å². The Labute approximate surface area is 164 Å². The molecule has 2 aromatic carbocycles. The summed E-state index contributed by atoms with van der Waals surface area (Å²) in [6.07, 6.45) is 0. The Morgan fingerprint density at radius 3 is 2.72 bits per heavy atom.